The van der Waals surface area contributed by atoms with Crippen molar-refractivity contribution in [1.29, 1.82) is 0 Å². The third-order valence-electron chi connectivity index (χ3n) is 0.420. The summed E-state index contributed by atoms with van der Waals surface area (Å²) in [5.41, 5.74) is 0. The van der Waals surface area contributed by atoms with Crippen LogP contribution in [0.1, 0.15) is 14.8 Å². The molecule has 3 nitrogen and oxygen atoms in total. The Hall–Kier alpha value is 1.07. The van der Waals surface area contributed by atoms with Gasteiger partial charge in [0.05, 0.1) is 0 Å². The van der Waals surface area contributed by atoms with Gasteiger partial charge in [-0.15, -0.1) is 0 Å². The van der Waals surface area contributed by atoms with Crippen molar-refractivity contribution in [2.75, 3.05) is 0 Å². The topological polar surface area (TPSA) is 52.3 Å². The van der Waals surface area contributed by atoms with Crippen molar-refractivity contribution in [3.63, 3.8) is 0 Å². The van der Waals surface area contributed by atoms with Crippen LogP contribution in [0.15, 0.2) is 0 Å². The number of carbonyl (C=O) groups is 1. The van der Waals surface area contributed by atoms with Crippen LogP contribution in [0.5, 0.6) is 0 Å². The molecule has 0 rings (SSSR count). The van der Waals surface area contributed by atoms with Gasteiger partial charge in [0.25, 0.3) is 0 Å². The van der Waals surface area contributed by atoms with Gasteiger partial charge in [-0.3, -0.25) is 4.79 Å². The largest absolute Gasteiger partial charge is 1.00 e. The summed E-state index contributed by atoms with van der Waals surface area (Å²) in [6.45, 7) is 1.68. The number of hydrogen-bond donors (Lipinski definition) is 1. The zero-order valence-corrected chi connectivity index (χ0v) is 7.72. The Morgan fingerprint density at radius 3 is 2.43 bits per heavy atom. The van der Waals surface area contributed by atoms with E-state index in [1.807, 2.05) is 0 Å². The van der Waals surface area contributed by atoms with Crippen molar-refractivity contribution in [2.24, 2.45) is 5.90 Å². The van der Waals surface area contributed by atoms with Gasteiger partial charge in [-0.25, -0.2) is 0 Å². The van der Waals surface area contributed by atoms with Crippen molar-refractivity contribution >= 4 is 5.97 Å². The summed E-state index contributed by atoms with van der Waals surface area (Å²) in [5, 5.41) is 0. The Kier molecular flexibility index (Phi) is 11.0. The molecule has 0 aliphatic rings. The second-order valence-corrected chi connectivity index (χ2v) is 0.843. The molecule has 0 aromatic rings. The van der Waals surface area contributed by atoms with E-state index >= 15 is 0 Å². The molecular weight excluding hydrogens is 121 g/mol. The quantitative estimate of drug-likeness (QED) is 0.302. The van der Waals surface area contributed by atoms with Crippen LogP contribution >= 0.6 is 0 Å². The number of nitrogens with two attached hydrogens (primary N) is 1. The fraction of sp³-hybridized carbons (Fsp3) is 0.667. The normalized spacial score (nSPS) is 6.57. The van der Waals surface area contributed by atoms with Gasteiger partial charge in [-0.05, 0) is 0 Å². The average Bonchev–Trinajstić information content (AvgIpc) is 1.65. The van der Waals surface area contributed by atoms with Crippen LogP contribution in [0.4, 0.5) is 0 Å². The maximum atomic E-state index is 9.83. The number of hydrogen-bond acceptors (Lipinski definition) is 3. The minimum Gasteiger partial charge on any atom is -1.00 e. The second kappa shape index (κ2) is 7.07. The minimum absolute atomic E-state index is 0. The Morgan fingerprint density at radius 1 is 2.00 bits per heavy atom. The van der Waals surface area contributed by atoms with E-state index in [2.05, 4.69) is 10.7 Å². The molecule has 38 valence electrons. The van der Waals surface area contributed by atoms with Crippen LogP contribution in [-0.2, 0) is 9.63 Å². The van der Waals surface area contributed by atoms with E-state index in [1.54, 1.807) is 6.92 Å². The molecule has 7 heavy (non-hydrogen) atoms. The molecule has 4 heteroatoms. The van der Waals surface area contributed by atoms with Gasteiger partial charge in [-0.1, -0.05) is 6.92 Å². The average molecular weight is 129 g/mol. The van der Waals surface area contributed by atoms with E-state index in [1.165, 1.54) is 0 Å². The third-order valence-corrected chi connectivity index (χ3v) is 0.420. The first-order valence-electron chi connectivity index (χ1n) is 1.70. The standard InChI is InChI=1S/C3H7NO2.K.H/c1-2-3(5)6-4;;/h2,4H2,1H3;;/q;+1;-1. The van der Waals surface area contributed by atoms with Crippen LogP contribution in [-0.4, -0.2) is 5.97 Å². The van der Waals surface area contributed by atoms with Crippen molar-refractivity contribution in [2.45, 2.75) is 13.3 Å². The molecule has 0 fully saturated rings. The van der Waals surface area contributed by atoms with E-state index < -0.39 is 0 Å². The fourth-order valence-electron chi connectivity index (χ4n) is 0.0833. The maximum Gasteiger partial charge on any atom is 1.00 e. The molecule has 2 N–H and O–H groups in total. The van der Waals surface area contributed by atoms with Gasteiger partial charge in [0.15, 0.2) is 0 Å². The second-order valence-electron chi connectivity index (χ2n) is 0.843. The SMILES string of the molecule is CCC(=O)ON.[H-].[K+]. The van der Waals surface area contributed by atoms with Crippen LogP contribution in [0.3, 0.4) is 0 Å². The molecule has 0 bridgehead atoms. The molecule has 0 heterocycles. The van der Waals surface area contributed by atoms with Crippen LogP contribution < -0.4 is 57.3 Å². The van der Waals surface area contributed by atoms with E-state index in [9.17, 15) is 4.79 Å². The van der Waals surface area contributed by atoms with Gasteiger partial charge in [0.2, 0.25) is 0 Å². The predicted octanol–water partition coefficient (Wildman–Crippen LogP) is -3.07. The van der Waals surface area contributed by atoms with Crippen LogP contribution in [0.25, 0.3) is 0 Å². The Morgan fingerprint density at radius 2 is 2.43 bits per heavy atom. The van der Waals surface area contributed by atoms with E-state index in [0.717, 1.165) is 0 Å². The first-order valence-corrected chi connectivity index (χ1v) is 1.70. The molecule has 0 radical (unpaired) electrons. The summed E-state index contributed by atoms with van der Waals surface area (Å²) >= 11 is 0. The van der Waals surface area contributed by atoms with Gasteiger partial charge < -0.3 is 6.26 Å². The Labute approximate surface area is 86.4 Å². The number of rotatable bonds is 1. The molecule has 0 aliphatic carbocycles. The molecular formula is C3H8KNO2. The van der Waals surface area contributed by atoms with Gasteiger partial charge in [0, 0.05) is 6.42 Å². The maximum absolute atomic E-state index is 9.83. The van der Waals surface area contributed by atoms with Crippen LogP contribution in [0, 0.1) is 0 Å². The zero-order valence-electron chi connectivity index (χ0n) is 5.60. The molecule has 0 aliphatic heterocycles. The summed E-state index contributed by atoms with van der Waals surface area (Å²) in [4.78, 5) is 13.6. The molecule has 0 amide bonds. The smallest absolute Gasteiger partial charge is 1.00 e. The van der Waals surface area contributed by atoms with E-state index in [0.29, 0.717) is 6.42 Å². The predicted molar refractivity (Wildman–Crippen MR) is 21.7 cm³/mol. The third kappa shape index (κ3) is 7.07. The molecule has 0 saturated heterocycles. The molecule has 0 aromatic carbocycles. The van der Waals surface area contributed by atoms with Crippen LogP contribution in [0.2, 0.25) is 0 Å². The summed E-state index contributed by atoms with van der Waals surface area (Å²) in [5.74, 6) is 4.05. The fourth-order valence-corrected chi connectivity index (χ4v) is 0.0833. The molecule has 0 atom stereocenters. The van der Waals surface area contributed by atoms with Crippen molar-refractivity contribution in [3.8, 4) is 0 Å². The summed E-state index contributed by atoms with van der Waals surface area (Å²) < 4.78 is 0. The summed E-state index contributed by atoms with van der Waals surface area (Å²) in [6, 6.07) is 0. The van der Waals surface area contributed by atoms with E-state index in [4.69, 9.17) is 0 Å². The Balaban J connectivity index is -0.000000125. The Bertz CT molecular complexity index is 55.2. The first kappa shape index (κ1) is 10.9. The first-order chi connectivity index (χ1) is 2.81. The van der Waals surface area contributed by atoms with Crippen molar-refractivity contribution in [1.82, 2.24) is 0 Å². The van der Waals surface area contributed by atoms with Gasteiger partial charge in [0.1, 0.15) is 0 Å². The molecule has 0 saturated carbocycles. The van der Waals surface area contributed by atoms with Gasteiger partial charge >= 0.3 is 57.4 Å². The molecule has 0 spiro atoms. The minimum atomic E-state index is -0.380. The van der Waals surface area contributed by atoms with Gasteiger partial charge in [-0.2, -0.15) is 5.90 Å². The van der Waals surface area contributed by atoms with Crippen molar-refractivity contribution < 1.29 is 62.4 Å². The van der Waals surface area contributed by atoms with Crippen molar-refractivity contribution in [3.05, 3.63) is 0 Å². The summed E-state index contributed by atoms with van der Waals surface area (Å²) in [6.07, 6.45) is 0.344. The zero-order chi connectivity index (χ0) is 4.99. The number of carbonyl (C=O) groups excluding carboxylic acids is 1. The molecule has 0 unspecified atom stereocenters. The molecule has 0 aromatic heterocycles. The monoisotopic (exact) mass is 129 g/mol. The van der Waals surface area contributed by atoms with E-state index in [-0.39, 0.29) is 58.8 Å². The summed E-state index contributed by atoms with van der Waals surface area (Å²) in [7, 11) is 0.